The van der Waals surface area contributed by atoms with Crippen LogP contribution in [-0.4, -0.2) is 30.1 Å². The van der Waals surface area contributed by atoms with Crippen LogP contribution in [0.2, 0.25) is 5.02 Å². The molecule has 10 heteroatoms. The first-order valence-corrected chi connectivity index (χ1v) is 9.39. The number of fused-ring (bicyclic) bond motifs is 1. The van der Waals surface area contributed by atoms with Crippen molar-refractivity contribution >= 4 is 17.2 Å². The Balaban J connectivity index is 1.71. The molecule has 0 spiro atoms. The lowest BCUT2D eigenvalue weighted by Crippen LogP contribution is -2.37. The monoisotopic (exact) mass is 428 g/mol. The first-order chi connectivity index (χ1) is 14.4. The second-order valence-electron chi connectivity index (χ2n) is 7.14. The van der Waals surface area contributed by atoms with Crippen molar-refractivity contribution in [2.75, 3.05) is 0 Å². The summed E-state index contributed by atoms with van der Waals surface area (Å²) >= 11 is 5.94. The molecule has 0 N–H and O–H groups in total. The van der Waals surface area contributed by atoms with Gasteiger partial charge in [0.15, 0.2) is 11.3 Å². The van der Waals surface area contributed by atoms with E-state index in [0.29, 0.717) is 28.3 Å². The van der Waals surface area contributed by atoms with E-state index >= 15 is 0 Å². The largest absolute Gasteiger partial charge is 0.325 e. The average molecular weight is 429 g/mol. The van der Waals surface area contributed by atoms with Crippen molar-refractivity contribution in [2.45, 2.75) is 24.8 Å². The van der Waals surface area contributed by atoms with Gasteiger partial charge in [0.1, 0.15) is 17.6 Å². The molecule has 0 radical (unpaired) electrons. The van der Waals surface area contributed by atoms with Crippen molar-refractivity contribution in [2.24, 2.45) is 0 Å². The summed E-state index contributed by atoms with van der Waals surface area (Å²) in [4.78, 5) is 8.52. The molecule has 1 saturated carbocycles. The minimum absolute atomic E-state index is 0.0760. The third-order valence-electron chi connectivity index (χ3n) is 5.17. The zero-order valence-electron chi connectivity index (χ0n) is 15.2. The number of alkyl halides is 2. The van der Waals surface area contributed by atoms with Gasteiger partial charge in [0.25, 0.3) is 5.92 Å². The normalized spacial score (nSPS) is 15.8. The van der Waals surface area contributed by atoms with E-state index in [2.05, 4.69) is 15.1 Å². The van der Waals surface area contributed by atoms with Crippen LogP contribution in [0.15, 0.2) is 42.9 Å². The van der Waals surface area contributed by atoms with Crippen LogP contribution < -0.4 is 0 Å². The molecule has 0 unspecified atom stereocenters. The molecule has 150 valence electrons. The molecule has 30 heavy (non-hydrogen) atoms. The minimum Gasteiger partial charge on any atom is -0.325 e. The first kappa shape index (κ1) is 18.6. The Bertz CT molecular complexity index is 1330. The fraction of sp³-hybridized carbons (Fsp3) is 0.200. The van der Waals surface area contributed by atoms with E-state index in [0.717, 1.165) is 0 Å². The van der Waals surface area contributed by atoms with Gasteiger partial charge in [0.05, 0.1) is 28.9 Å². The van der Waals surface area contributed by atoms with Crippen molar-refractivity contribution in [1.29, 1.82) is 5.26 Å². The quantitative estimate of drug-likeness (QED) is 0.465. The summed E-state index contributed by atoms with van der Waals surface area (Å²) in [6.45, 7) is 0. The van der Waals surface area contributed by atoms with Gasteiger partial charge >= 0.3 is 0 Å². The lowest BCUT2D eigenvalue weighted by Gasteiger charge is -2.36. The van der Waals surface area contributed by atoms with Crippen molar-refractivity contribution in [3.63, 3.8) is 0 Å². The number of nitriles is 1. The van der Waals surface area contributed by atoms with Crippen LogP contribution in [0.3, 0.4) is 0 Å². The Morgan fingerprint density at radius 1 is 1.17 bits per heavy atom. The topological polar surface area (TPSA) is 71.8 Å². The highest BCUT2D eigenvalue weighted by Gasteiger charge is 2.47. The molecular formula is C20H12ClF3N6. The minimum atomic E-state index is -2.72. The molecule has 1 fully saturated rings. The molecule has 0 amide bonds. The number of imidazole rings is 2. The zero-order valence-corrected chi connectivity index (χ0v) is 16.0. The van der Waals surface area contributed by atoms with E-state index in [9.17, 15) is 18.4 Å². The second-order valence-corrected chi connectivity index (χ2v) is 7.55. The smallest absolute Gasteiger partial charge is 0.252 e. The van der Waals surface area contributed by atoms with Gasteiger partial charge in [-0.15, -0.1) is 0 Å². The summed E-state index contributed by atoms with van der Waals surface area (Å²) in [6, 6.07) is 9.08. The van der Waals surface area contributed by atoms with E-state index in [-0.39, 0.29) is 23.6 Å². The number of nitrogens with zero attached hydrogens (tertiary/aromatic N) is 6. The predicted molar refractivity (Wildman–Crippen MR) is 103 cm³/mol. The summed E-state index contributed by atoms with van der Waals surface area (Å²) in [7, 11) is 0. The van der Waals surface area contributed by atoms with Crippen molar-refractivity contribution in [3.05, 3.63) is 59.4 Å². The summed E-state index contributed by atoms with van der Waals surface area (Å²) in [6.07, 6.45) is 2.26. The van der Waals surface area contributed by atoms with E-state index in [4.69, 9.17) is 11.6 Å². The van der Waals surface area contributed by atoms with Crippen LogP contribution in [0.25, 0.3) is 28.3 Å². The van der Waals surface area contributed by atoms with E-state index < -0.39 is 17.8 Å². The van der Waals surface area contributed by atoms with Gasteiger partial charge in [-0.2, -0.15) is 10.4 Å². The third-order valence-corrected chi connectivity index (χ3v) is 5.46. The third kappa shape index (κ3) is 2.92. The molecule has 1 aromatic carbocycles. The lowest BCUT2D eigenvalue weighted by atomic mass is 9.87. The summed E-state index contributed by atoms with van der Waals surface area (Å²) < 4.78 is 43.8. The van der Waals surface area contributed by atoms with E-state index in [1.807, 2.05) is 6.07 Å². The highest BCUT2D eigenvalue weighted by atomic mass is 35.5. The van der Waals surface area contributed by atoms with Crippen LogP contribution in [0.5, 0.6) is 0 Å². The standard InChI is InChI=1S/C20H12ClF3N6/c21-14-5-11(1-2-15(14)22)18-19(29(10-27-18)12-6-20(23,24)7-12)16-3-4-17-26-9-13(8-25)30(17)28-16/h1-5,9-10,12H,6-7H2. The van der Waals surface area contributed by atoms with Crippen LogP contribution in [0.1, 0.15) is 24.6 Å². The Morgan fingerprint density at radius 3 is 2.67 bits per heavy atom. The fourth-order valence-corrected chi connectivity index (χ4v) is 3.83. The maximum absolute atomic E-state index is 13.6. The molecule has 4 aromatic rings. The van der Waals surface area contributed by atoms with Crippen LogP contribution in [-0.2, 0) is 0 Å². The fourth-order valence-electron chi connectivity index (χ4n) is 3.65. The Kier molecular flexibility index (Phi) is 4.08. The Hall–Kier alpha value is -3.38. The number of hydrogen-bond donors (Lipinski definition) is 0. The molecule has 1 aliphatic rings. The summed E-state index contributed by atoms with van der Waals surface area (Å²) in [5.41, 5.74) is 2.56. The number of hydrogen-bond acceptors (Lipinski definition) is 4. The number of benzene rings is 1. The molecule has 0 bridgehead atoms. The number of rotatable bonds is 3. The predicted octanol–water partition coefficient (Wildman–Crippen LogP) is 4.89. The molecule has 1 aliphatic carbocycles. The van der Waals surface area contributed by atoms with Gasteiger partial charge in [0.2, 0.25) is 0 Å². The Morgan fingerprint density at radius 2 is 1.97 bits per heavy atom. The first-order valence-electron chi connectivity index (χ1n) is 9.01. The van der Waals surface area contributed by atoms with Gasteiger partial charge in [-0.1, -0.05) is 11.6 Å². The van der Waals surface area contributed by atoms with Gasteiger partial charge in [-0.05, 0) is 30.3 Å². The van der Waals surface area contributed by atoms with Crippen molar-refractivity contribution in [3.8, 4) is 28.7 Å². The molecule has 3 aromatic heterocycles. The maximum atomic E-state index is 13.6. The summed E-state index contributed by atoms with van der Waals surface area (Å²) in [5.74, 6) is -3.29. The molecule has 0 aliphatic heterocycles. The van der Waals surface area contributed by atoms with Gasteiger partial charge in [-0.3, -0.25) is 0 Å². The average Bonchev–Trinajstić information content (AvgIpc) is 3.31. The molecule has 0 atom stereocenters. The lowest BCUT2D eigenvalue weighted by molar-refractivity contribution is -0.103. The van der Waals surface area contributed by atoms with E-state index in [1.54, 1.807) is 16.7 Å². The molecule has 5 rings (SSSR count). The van der Waals surface area contributed by atoms with Crippen LogP contribution in [0, 0.1) is 17.1 Å². The van der Waals surface area contributed by atoms with Gasteiger partial charge in [-0.25, -0.2) is 27.7 Å². The number of aromatic nitrogens is 5. The maximum Gasteiger partial charge on any atom is 0.252 e. The van der Waals surface area contributed by atoms with E-state index in [1.165, 1.54) is 35.2 Å². The highest BCUT2D eigenvalue weighted by Crippen LogP contribution is 2.48. The molecule has 6 nitrogen and oxygen atoms in total. The van der Waals surface area contributed by atoms with Crippen LogP contribution >= 0.6 is 11.6 Å². The van der Waals surface area contributed by atoms with Gasteiger partial charge < -0.3 is 4.57 Å². The van der Waals surface area contributed by atoms with Crippen molar-refractivity contribution in [1.82, 2.24) is 24.1 Å². The molecular weight excluding hydrogens is 417 g/mol. The molecule has 0 saturated heterocycles. The SMILES string of the molecule is N#Cc1cnc2ccc(-c3c(-c4ccc(F)c(Cl)c4)ncn3C3CC(F)(F)C3)nn12. The zero-order chi connectivity index (χ0) is 21.0. The van der Waals surface area contributed by atoms with Gasteiger partial charge in [0, 0.05) is 24.4 Å². The van der Waals surface area contributed by atoms with Crippen molar-refractivity contribution < 1.29 is 13.2 Å². The summed E-state index contributed by atoms with van der Waals surface area (Å²) in [5, 5.41) is 13.7. The number of halogens is 4. The highest BCUT2D eigenvalue weighted by molar-refractivity contribution is 6.31. The molecule has 3 heterocycles. The Labute approximate surface area is 173 Å². The second kappa shape index (κ2) is 6.57. The van der Waals surface area contributed by atoms with Crippen LogP contribution in [0.4, 0.5) is 13.2 Å².